The second-order valence-electron chi connectivity index (χ2n) is 5.34. The van der Waals surface area contributed by atoms with Crippen LogP contribution in [-0.4, -0.2) is 61.6 Å². The third-order valence-electron chi connectivity index (χ3n) is 3.61. The average molecular weight is 312 g/mol. The molecule has 0 bridgehead atoms. The molecule has 6 nitrogen and oxygen atoms in total. The summed E-state index contributed by atoms with van der Waals surface area (Å²) in [5.41, 5.74) is 2.09. The molecule has 0 saturated carbocycles. The van der Waals surface area contributed by atoms with Crippen molar-refractivity contribution < 1.29 is 8.42 Å². The van der Waals surface area contributed by atoms with Gasteiger partial charge in [-0.2, -0.15) is 4.31 Å². The second-order valence-corrected chi connectivity index (χ2v) is 7.32. The van der Waals surface area contributed by atoms with Crippen molar-refractivity contribution in [3.63, 3.8) is 0 Å². The Kier molecular flexibility index (Phi) is 5.69. The van der Waals surface area contributed by atoms with Crippen LogP contribution in [0.15, 0.2) is 18.2 Å². The largest absolute Gasteiger partial charge is 0.311 e. The quantitative estimate of drug-likeness (QED) is 0.817. The maximum atomic E-state index is 11.5. The number of rotatable bonds is 6. The van der Waals surface area contributed by atoms with Crippen molar-refractivity contribution in [3.8, 4) is 0 Å². The topological polar surface area (TPSA) is 65.5 Å². The first kappa shape index (κ1) is 16.4. The van der Waals surface area contributed by atoms with Crippen molar-refractivity contribution >= 4 is 10.0 Å². The van der Waals surface area contributed by atoms with Crippen LogP contribution in [0.4, 0.5) is 0 Å². The molecule has 1 aromatic rings. The van der Waals surface area contributed by atoms with Crippen molar-refractivity contribution in [2.75, 3.05) is 39.0 Å². The highest BCUT2D eigenvalue weighted by atomic mass is 32.2. The molecule has 1 fully saturated rings. The number of nitrogens with zero attached hydrogens (tertiary/aromatic N) is 3. The molecule has 0 amide bonds. The van der Waals surface area contributed by atoms with Crippen LogP contribution in [0.5, 0.6) is 0 Å². The van der Waals surface area contributed by atoms with Crippen LogP contribution >= 0.6 is 0 Å². The molecule has 0 atom stereocenters. The smallest absolute Gasteiger partial charge is 0.211 e. The molecule has 0 spiro atoms. The van der Waals surface area contributed by atoms with Crippen LogP contribution in [0, 0.1) is 0 Å². The molecule has 2 rings (SSSR count). The Morgan fingerprint density at radius 2 is 1.86 bits per heavy atom. The van der Waals surface area contributed by atoms with Gasteiger partial charge in [-0.05, 0) is 18.7 Å². The van der Waals surface area contributed by atoms with Gasteiger partial charge in [-0.15, -0.1) is 0 Å². The molecule has 21 heavy (non-hydrogen) atoms. The highest BCUT2D eigenvalue weighted by Crippen LogP contribution is 2.10. The fourth-order valence-electron chi connectivity index (χ4n) is 2.42. The van der Waals surface area contributed by atoms with Crippen molar-refractivity contribution in [1.82, 2.24) is 19.5 Å². The number of pyridine rings is 1. The zero-order valence-electron chi connectivity index (χ0n) is 12.7. The van der Waals surface area contributed by atoms with Crippen LogP contribution in [-0.2, 0) is 23.1 Å². The van der Waals surface area contributed by atoms with Gasteiger partial charge in [0.2, 0.25) is 10.0 Å². The van der Waals surface area contributed by atoms with Crippen LogP contribution in [0.2, 0.25) is 0 Å². The van der Waals surface area contributed by atoms with Gasteiger partial charge in [0.25, 0.3) is 0 Å². The van der Waals surface area contributed by atoms with Gasteiger partial charge in [-0.25, -0.2) is 8.42 Å². The van der Waals surface area contributed by atoms with Gasteiger partial charge < -0.3 is 5.32 Å². The molecule has 0 unspecified atom stereocenters. The number of hydrogen-bond acceptors (Lipinski definition) is 5. The molecular weight excluding hydrogens is 288 g/mol. The summed E-state index contributed by atoms with van der Waals surface area (Å²) in [5, 5.41) is 3.27. The summed E-state index contributed by atoms with van der Waals surface area (Å²) in [6.45, 7) is 7.21. The fraction of sp³-hybridized carbons (Fsp3) is 0.643. The van der Waals surface area contributed by atoms with Crippen LogP contribution in [0.1, 0.15) is 18.3 Å². The second kappa shape index (κ2) is 7.31. The molecular formula is C14H24N4O2S. The van der Waals surface area contributed by atoms with E-state index < -0.39 is 10.0 Å². The van der Waals surface area contributed by atoms with Gasteiger partial charge in [0.1, 0.15) is 0 Å². The lowest BCUT2D eigenvalue weighted by atomic mass is 10.2. The molecule has 0 aliphatic carbocycles. The average Bonchev–Trinajstić information content (AvgIpc) is 2.45. The molecule has 0 radical (unpaired) electrons. The molecule has 0 aromatic carbocycles. The molecule has 7 heteroatoms. The van der Waals surface area contributed by atoms with E-state index in [1.807, 2.05) is 18.2 Å². The van der Waals surface area contributed by atoms with Crippen molar-refractivity contribution in [3.05, 3.63) is 29.6 Å². The van der Waals surface area contributed by atoms with E-state index in [2.05, 4.69) is 22.1 Å². The first-order chi connectivity index (χ1) is 9.99. The lowest BCUT2D eigenvalue weighted by Gasteiger charge is -2.32. The Bertz CT molecular complexity index is 554. The Hall–Kier alpha value is -1.02. The third kappa shape index (κ3) is 5.03. The molecule has 1 aliphatic rings. The lowest BCUT2D eigenvalue weighted by molar-refractivity contribution is 0.180. The van der Waals surface area contributed by atoms with E-state index >= 15 is 0 Å². The van der Waals surface area contributed by atoms with E-state index in [0.29, 0.717) is 13.1 Å². The first-order valence-electron chi connectivity index (χ1n) is 7.32. The summed E-state index contributed by atoms with van der Waals surface area (Å²) in [5.74, 6) is 0. The minimum Gasteiger partial charge on any atom is -0.311 e. The van der Waals surface area contributed by atoms with Crippen molar-refractivity contribution in [2.45, 2.75) is 20.0 Å². The van der Waals surface area contributed by atoms with Gasteiger partial charge in [0, 0.05) is 39.3 Å². The van der Waals surface area contributed by atoms with Gasteiger partial charge >= 0.3 is 0 Å². The Balaban J connectivity index is 1.88. The summed E-state index contributed by atoms with van der Waals surface area (Å²) in [7, 11) is -3.06. The molecule has 1 saturated heterocycles. The summed E-state index contributed by atoms with van der Waals surface area (Å²) in [6.07, 6.45) is 1.27. The molecule has 1 aliphatic heterocycles. The summed E-state index contributed by atoms with van der Waals surface area (Å²) >= 11 is 0. The van der Waals surface area contributed by atoms with Crippen LogP contribution < -0.4 is 5.32 Å². The third-order valence-corrected chi connectivity index (χ3v) is 4.91. The van der Waals surface area contributed by atoms with Gasteiger partial charge in [-0.3, -0.25) is 9.88 Å². The molecule has 1 aromatic heterocycles. The van der Waals surface area contributed by atoms with Crippen LogP contribution in [0.25, 0.3) is 0 Å². The molecule has 2 heterocycles. The SMILES string of the molecule is CCNCc1cccc(CN2CCN(S(C)(=O)=O)CC2)n1. The summed E-state index contributed by atoms with van der Waals surface area (Å²) in [4.78, 5) is 6.89. The number of sulfonamides is 1. The Morgan fingerprint density at radius 3 is 2.48 bits per heavy atom. The van der Waals surface area contributed by atoms with Crippen molar-refractivity contribution in [2.24, 2.45) is 0 Å². The monoisotopic (exact) mass is 312 g/mol. The Labute approximate surface area is 127 Å². The normalized spacial score (nSPS) is 18.0. The lowest BCUT2D eigenvalue weighted by Crippen LogP contribution is -2.47. The van der Waals surface area contributed by atoms with Gasteiger partial charge in [-0.1, -0.05) is 13.0 Å². The number of piperazine rings is 1. The zero-order chi connectivity index (χ0) is 15.3. The van der Waals surface area contributed by atoms with E-state index in [0.717, 1.165) is 44.1 Å². The highest BCUT2D eigenvalue weighted by molar-refractivity contribution is 7.88. The van der Waals surface area contributed by atoms with Crippen molar-refractivity contribution in [1.29, 1.82) is 0 Å². The number of nitrogens with one attached hydrogen (secondary N) is 1. The maximum absolute atomic E-state index is 11.5. The van der Waals surface area contributed by atoms with Gasteiger partial charge in [0.05, 0.1) is 17.6 Å². The predicted octanol–water partition coefficient (Wildman–Crippen LogP) is 0.268. The van der Waals surface area contributed by atoms with E-state index in [1.165, 1.54) is 6.26 Å². The van der Waals surface area contributed by atoms with E-state index in [-0.39, 0.29) is 0 Å². The summed E-state index contributed by atoms with van der Waals surface area (Å²) < 4.78 is 24.5. The number of hydrogen-bond donors (Lipinski definition) is 1. The van der Waals surface area contributed by atoms with E-state index in [1.54, 1.807) is 4.31 Å². The molecule has 118 valence electrons. The van der Waals surface area contributed by atoms with Crippen LogP contribution in [0.3, 0.4) is 0 Å². The maximum Gasteiger partial charge on any atom is 0.211 e. The zero-order valence-corrected chi connectivity index (χ0v) is 13.6. The standard InChI is InChI=1S/C14H24N4O2S/c1-3-15-11-13-5-4-6-14(16-13)12-17-7-9-18(10-8-17)21(2,19)20/h4-6,15H,3,7-12H2,1-2H3. The molecule has 1 N–H and O–H groups in total. The minimum absolute atomic E-state index is 0.565. The fourth-order valence-corrected chi connectivity index (χ4v) is 3.24. The highest BCUT2D eigenvalue weighted by Gasteiger charge is 2.23. The predicted molar refractivity (Wildman–Crippen MR) is 83.3 cm³/mol. The summed E-state index contributed by atoms with van der Waals surface area (Å²) in [6, 6.07) is 6.08. The van der Waals surface area contributed by atoms with E-state index in [4.69, 9.17) is 0 Å². The van der Waals surface area contributed by atoms with Gasteiger partial charge in [0.15, 0.2) is 0 Å². The number of aromatic nitrogens is 1. The first-order valence-corrected chi connectivity index (χ1v) is 9.17. The minimum atomic E-state index is -3.06. The van der Waals surface area contributed by atoms with E-state index in [9.17, 15) is 8.42 Å². The Morgan fingerprint density at radius 1 is 1.19 bits per heavy atom.